The van der Waals surface area contributed by atoms with Gasteiger partial charge in [-0.3, -0.25) is 4.79 Å². The van der Waals surface area contributed by atoms with E-state index in [0.717, 1.165) is 0 Å². The van der Waals surface area contributed by atoms with E-state index < -0.39 is 17.6 Å². The fourth-order valence-corrected chi connectivity index (χ4v) is 3.20. The van der Waals surface area contributed by atoms with E-state index >= 15 is 0 Å². The highest BCUT2D eigenvalue weighted by atomic mass is 16.5. The van der Waals surface area contributed by atoms with Crippen LogP contribution in [0.5, 0.6) is 5.75 Å². The quantitative estimate of drug-likeness (QED) is 0.469. The Morgan fingerprint density at radius 3 is 2.39 bits per heavy atom. The van der Waals surface area contributed by atoms with Gasteiger partial charge in [0.25, 0.3) is 5.91 Å². The Morgan fingerprint density at radius 1 is 1.03 bits per heavy atom. The molecule has 10 heteroatoms. The van der Waals surface area contributed by atoms with Gasteiger partial charge in [0, 0.05) is 5.56 Å². The number of primary amides is 1. The molecule has 0 radical (unpaired) electrons. The van der Waals surface area contributed by atoms with Gasteiger partial charge in [-0.05, 0) is 24.3 Å². The zero-order valence-electron chi connectivity index (χ0n) is 16.6. The van der Waals surface area contributed by atoms with Gasteiger partial charge in [-0.1, -0.05) is 24.3 Å². The Balaban J connectivity index is 1.98. The zero-order chi connectivity index (χ0) is 22.1. The number of esters is 1. The molecule has 4 rings (SSSR count). The van der Waals surface area contributed by atoms with Crippen molar-refractivity contribution in [1.29, 1.82) is 0 Å². The molecule has 0 saturated heterocycles. The van der Waals surface area contributed by atoms with Crippen molar-refractivity contribution in [2.75, 3.05) is 14.2 Å². The van der Waals surface area contributed by atoms with Crippen molar-refractivity contribution in [3.05, 3.63) is 70.3 Å². The van der Waals surface area contributed by atoms with Crippen LogP contribution in [0.15, 0.2) is 53.3 Å². The lowest BCUT2D eigenvalue weighted by Gasteiger charge is -2.10. The molecule has 0 aliphatic heterocycles. The number of carbonyl (C=O) groups is 2. The van der Waals surface area contributed by atoms with E-state index in [1.54, 1.807) is 48.5 Å². The van der Waals surface area contributed by atoms with Gasteiger partial charge < -0.3 is 20.2 Å². The van der Waals surface area contributed by atoms with Crippen molar-refractivity contribution in [2.24, 2.45) is 5.73 Å². The summed E-state index contributed by atoms with van der Waals surface area (Å²) in [4.78, 5) is 47.9. The lowest BCUT2D eigenvalue weighted by Crippen LogP contribution is -2.16. The molecule has 0 aliphatic rings. The second kappa shape index (κ2) is 7.75. The molecule has 0 spiro atoms. The maximum Gasteiger partial charge on any atom is 0.337 e. The summed E-state index contributed by atoms with van der Waals surface area (Å²) in [6, 6.07) is 13.2. The molecular weight excluding hydrogens is 402 g/mol. The summed E-state index contributed by atoms with van der Waals surface area (Å²) in [5.74, 6) is -0.723. The van der Waals surface area contributed by atoms with Crippen LogP contribution in [0.1, 0.15) is 20.8 Å². The fraction of sp³-hybridized carbons (Fsp3) is 0.0952. The number of amides is 1. The third-order valence-electron chi connectivity index (χ3n) is 4.66. The number of aromatic amines is 1. The van der Waals surface area contributed by atoms with E-state index in [1.807, 2.05) is 0 Å². The average Bonchev–Trinajstić information content (AvgIpc) is 3.13. The van der Waals surface area contributed by atoms with E-state index in [1.165, 1.54) is 18.8 Å². The number of para-hydroxylation sites is 2. The molecule has 0 bridgehead atoms. The number of fused-ring (bicyclic) bond motifs is 1. The van der Waals surface area contributed by atoms with Gasteiger partial charge in [-0.15, -0.1) is 0 Å². The van der Waals surface area contributed by atoms with E-state index in [2.05, 4.69) is 15.0 Å². The average molecular weight is 419 g/mol. The predicted octanol–water partition coefficient (Wildman–Crippen LogP) is 1.67. The molecule has 2 heterocycles. The Kier molecular flexibility index (Phi) is 4.96. The molecule has 31 heavy (non-hydrogen) atoms. The highest BCUT2D eigenvalue weighted by Gasteiger charge is 2.21. The summed E-state index contributed by atoms with van der Waals surface area (Å²) in [6.45, 7) is 0. The number of H-pyrrole nitrogens is 1. The number of aromatic nitrogens is 4. The first-order chi connectivity index (χ1) is 14.9. The Morgan fingerprint density at radius 2 is 1.74 bits per heavy atom. The number of hydrogen-bond donors (Lipinski definition) is 2. The molecule has 10 nitrogen and oxygen atoms in total. The first kappa shape index (κ1) is 19.8. The molecule has 0 saturated carbocycles. The largest absolute Gasteiger partial charge is 0.495 e. The van der Waals surface area contributed by atoms with Gasteiger partial charge >= 0.3 is 11.7 Å². The Labute approximate surface area is 175 Å². The standard InChI is InChI=1S/C21H17N5O5/c1-30-14-6-4-3-5-13(14)26-19-16(24-21(26)29)15(17(22)27)23-18(25-19)11-7-9-12(10-8-11)20(28)31-2/h3-10H,1-2H3,(H2,22,27)(H,24,29). The molecule has 4 aromatic rings. The first-order valence-electron chi connectivity index (χ1n) is 9.09. The highest BCUT2D eigenvalue weighted by molar-refractivity contribution is 6.02. The summed E-state index contributed by atoms with van der Waals surface area (Å²) in [7, 11) is 2.77. The van der Waals surface area contributed by atoms with Gasteiger partial charge in [0.15, 0.2) is 17.2 Å². The van der Waals surface area contributed by atoms with Crippen molar-refractivity contribution < 1.29 is 19.1 Å². The summed E-state index contributed by atoms with van der Waals surface area (Å²) in [6.07, 6.45) is 0. The number of carbonyl (C=O) groups excluding carboxylic acids is 2. The summed E-state index contributed by atoms with van der Waals surface area (Å²) < 4.78 is 11.3. The van der Waals surface area contributed by atoms with Crippen LogP contribution in [0.25, 0.3) is 28.2 Å². The number of benzene rings is 2. The summed E-state index contributed by atoms with van der Waals surface area (Å²) in [5.41, 5.74) is 6.40. The van der Waals surface area contributed by atoms with Crippen LogP contribution in [0.3, 0.4) is 0 Å². The predicted molar refractivity (Wildman–Crippen MR) is 111 cm³/mol. The van der Waals surface area contributed by atoms with Gasteiger partial charge in [0.1, 0.15) is 11.3 Å². The Hall–Kier alpha value is -4.47. The number of nitrogens with two attached hydrogens (primary N) is 1. The minimum absolute atomic E-state index is 0.110. The number of hydrogen-bond acceptors (Lipinski definition) is 7. The number of methoxy groups -OCH3 is 2. The van der Waals surface area contributed by atoms with E-state index in [0.29, 0.717) is 22.6 Å². The molecular formula is C21H17N5O5. The van der Waals surface area contributed by atoms with Gasteiger partial charge in [-0.25, -0.2) is 24.1 Å². The van der Waals surface area contributed by atoms with Gasteiger partial charge in [-0.2, -0.15) is 0 Å². The number of rotatable bonds is 5. The molecule has 3 N–H and O–H groups in total. The van der Waals surface area contributed by atoms with Gasteiger partial charge in [0.05, 0.1) is 25.5 Å². The van der Waals surface area contributed by atoms with Crippen LogP contribution in [0, 0.1) is 0 Å². The second-order valence-corrected chi connectivity index (χ2v) is 6.47. The minimum Gasteiger partial charge on any atom is -0.495 e. The van der Waals surface area contributed by atoms with Gasteiger partial charge in [0.2, 0.25) is 0 Å². The number of ether oxygens (including phenoxy) is 2. The lowest BCUT2D eigenvalue weighted by molar-refractivity contribution is 0.0600. The lowest BCUT2D eigenvalue weighted by atomic mass is 10.1. The van der Waals surface area contributed by atoms with Crippen LogP contribution in [0.4, 0.5) is 0 Å². The van der Waals surface area contributed by atoms with Crippen molar-refractivity contribution in [1.82, 2.24) is 19.5 Å². The topological polar surface area (TPSA) is 142 Å². The molecule has 0 aliphatic carbocycles. The zero-order valence-corrected chi connectivity index (χ0v) is 16.6. The number of imidazole rings is 1. The van der Waals surface area contributed by atoms with Crippen molar-refractivity contribution >= 4 is 23.0 Å². The molecule has 0 unspecified atom stereocenters. The SMILES string of the molecule is COC(=O)c1ccc(-c2nc(C(N)=O)c3[nH]c(=O)n(-c4ccccc4OC)c3n2)cc1. The van der Waals surface area contributed by atoms with Crippen LogP contribution in [-0.2, 0) is 4.74 Å². The van der Waals surface area contributed by atoms with Crippen LogP contribution in [0.2, 0.25) is 0 Å². The first-order valence-corrected chi connectivity index (χ1v) is 9.09. The number of nitrogens with zero attached hydrogens (tertiary/aromatic N) is 3. The monoisotopic (exact) mass is 419 g/mol. The minimum atomic E-state index is -0.826. The van der Waals surface area contributed by atoms with Crippen molar-refractivity contribution in [3.8, 4) is 22.8 Å². The smallest absolute Gasteiger partial charge is 0.337 e. The molecule has 156 valence electrons. The molecule has 0 atom stereocenters. The second-order valence-electron chi connectivity index (χ2n) is 6.47. The van der Waals surface area contributed by atoms with Crippen LogP contribution < -0.4 is 16.2 Å². The van der Waals surface area contributed by atoms with Crippen molar-refractivity contribution in [3.63, 3.8) is 0 Å². The third kappa shape index (κ3) is 3.39. The molecule has 0 fully saturated rings. The van der Waals surface area contributed by atoms with Crippen LogP contribution >= 0.6 is 0 Å². The molecule has 2 aromatic heterocycles. The molecule has 2 aromatic carbocycles. The summed E-state index contributed by atoms with van der Waals surface area (Å²) in [5, 5.41) is 0. The van der Waals surface area contributed by atoms with Crippen LogP contribution in [-0.4, -0.2) is 45.6 Å². The van der Waals surface area contributed by atoms with E-state index in [-0.39, 0.29) is 22.7 Å². The third-order valence-corrected chi connectivity index (χ3v) is 4.66. The van der Waals surface area contributed by atoms with Crippen molar-refractivity contribution in [2.45, 2.75) is 0 Å². The summed E-state index contributed by atoms with van der Waals surface area (Å²) >= 11 is 0. The maximum absolute atomic E-state index is 12.8. The van der Waals surface area contributed by atoms with E-state index in [4.69, 9.17) is 15.2 Å². The van der Waals surface area contributed by atoms with E-state index in [9.17, 15) is 14.4 Å². The number of nitrogens with one attached hydrogen (secondary N) is 1. The maximum atomic E-state index is 12.8. The normalized spacial score (nSPS) is 10.8. The molecule has 1 amide bonds. The highest BCUT2D eigenvalue weighted by Crippen LogP contribution is 2.26. The Bertz CT molecular complexity index is 1370. The fourth-order valence-electron chi connectivity index (χ4n) is 3.20.